The van der Waals surface area contributed by atoms with E-state index in [-0.39, 0.29) is 6.54 Å². The maximum absolute atomic E-state index is 11.0. The molecule has 0 bridgehead atoms. The van der Waals surface area contributed by atoms with Gasteiger partial charge in [0.2, 0.25) is 0 Å². The lowest BCUT2D eigenvalue weighted by atomic mass is 9.99. The lowest BCUT2D eigenvalue weighted by Crippen LogP contribution is -2.36. The van der Waals surface area contributed by atoms with Crippen LogP contribution in [0, 0.1) is 12.8 Å². The molecule has 1 aliphatic rings. The Morgan fingerprint density at radius 3 is 2.53 bits per heavy atom. The van der Waals surface area contributed by atoms with Crippen molar-refractivity contribution in [1.29, 1.82) is 0 Å². The summed E-state index contributed by atoms with van der Waals surface area (Å²) in [5.74, 6) is -0.262. The average molecular weight is 263 g/mol. The maximum atomic E-state index is 11.0. The quantitative estimate of drug-likeness (QED) is 0.885. The fourth-order valence-electron chi connectivity index (χ4n) is 2.42. The summed E-state index contributed by atoms with van der Waals surface area (Å²) in [6, 6.07) is 8.04. The molecule has 19 heavy (non-hydrogen) atoms. The van der Waals surface area contributed by atoms with Crippen LogP contribution in [0.4, 0.5) is 5.69 Å². The number of nitrogens with zero attached hydrogens (tertiary/aromatic N) is 1. The zero-order valence-electron chi connectivity index (χ0n) is 11.3. The number of benzene rings is 1. The zero-order chi connectivity index (χ0) is 13.7. The summed E-state index contributed by atoms with van der Waals surface area (Å²) in [6.07, 6.45) is 2.03. The van der Waals surface area contributed by atoms with Crippen LogP contribution in [0.1, 0.15) is 18.4 Å². The van der Waals surface area contributed by atoms with Gasteiger partial charge in [-0.05, 0) is 37.8 Å². The van der Waals surface area contributed by atoms with Gasteiger partial charge in [-0.1, -0.05) is 17.7 Å². The molecule has 2 rings (SSSR count). The van der Waals surface area contributed by atoms with Crippen molar-refractivity contribution >= 4 is 11.7 Å². The Morgan fingerprint density at radius 2 is 1.95 bits per heavy atom. The Bertz CT molecular complexity index is 410. The number of carboxylic acids is 1. The predicted molar refractivity (Wildman–Crippen MR) is 74.6 cm³/mol. The lowest BCUT2D eigenvalue weighted by molar-refractivity contribution is -0.135. The van der Waals surface area contributed by atoms with Gasteiger partial charge in [-0.3, -0.25) is 4.79 Å². The van der Waals surface area contributed by atoms with Crippen molar-refractivity contribution in [3.63, 3.8) is 0 Å². The second-order valence-electron chi connectivity index (χ2n) is 5.17. The standard InChI is InChI=1S/C15H21NO3/c1-12-2-4-14(5-3-12)16(11-15(17)18)10-13-6-8-19-9-7-13/h2-5,13H,6-11H2,1H3,(H,17,18). The molecule has 0 radical (unpaired) electrons. The highest BCUT2D eigenvalue weighted by molar-refractivity contribution is 5.73. The molecule has 0 unspecified atom stereocenters. The van der Waals surface area contributed by atoms with Gasteiger partial charge in [0.25, 0.3) is 0 Å². The molecule has 104 valence electrons. The zero-order valence-corrected chi connectivity index (χ0v) is 11.3. The Hall–Kier alpha value is -1.55. The predicted octanol–water partition coefficient (Wildman–Crippen LogP) is 2.31. The van der Waals surface area contributed by atoms with Crippen molar-refractivity contribution in [2.75, 3.05) is 31.2 Å². The minimum absolute atomic E-state index is 0.0560. The molecule has 1 aliphatic heterocycles. The Balaban J connectivity index is 2.06. The maximum Gasteiger partial charge on any atom is 0.323 e. The minimum atomic E-state index is -0.785. The van der Waals surface area contributed by atoms with Crippen LogP contribution in [0.25, 0.3) is 0 Å². The molecule has 0 aromatic heterocycles. The third kappa shape index (κ3) is 4.24. The number of aliphatic carboxylic acids is 1. The van der Waals surface area contributed by atoms with Crippen LogP contribution in [0.5, 0.6) is 0 Å². The number of carbonyl (C=O) groups is 1. The summed E-state index contributed by atoms with van der Waals surface area (Å²) >= 11 is 0. The smallest absolute Gasteiger partial charge is 0.323 e. The number of hydrogen-bond acceptors (Lipinski definition) is 3. The van der Waals surface area contributed by atoms with E-state index < -0.39 is 5.97 Å². The molecule has 0 atom stereocenters. The van der Waals surface area contributed by atoms with Gasteiger partial charge in [0.1, 0.15) is 6.54 Å². The summed E-state index contributed by atoms with van der Waals surface area (Å²) in [4.78, 5) is 13.0. The van der Waals surface area contributed by atoms with Gasteiger partial charge in [-0.2, -0.15) is 0 Å². The van der Waals surface area contributed by atoms with Gasteiger partial charge in [0.15, 0.2) is 0 Å². The number of aryl methyl sites for hydroxylation is 1. The SMILES string of the molecule is Cc1ccc(N(CC(=O)O)CC2CCOCC2)cc1. The molecule has 1 aromatic carbocycles. The first-order valence-electron chi connectivity index (χ1n) is 6.76. The average Bonchev–Trinajstić information content (AvgIpc) is 2.39. The minimum Gasteiger partial charge on any atom is -0.480 e. The first kappa shape index (κ1) is 13.9. The second-order valence-corrected chi connectivity index (χ2v) is 5.17. The molecule has 0 spiro atoms. The van der Waals surface area contributed by atoms with E-state index in [0.717, 1.165) is 38.3 Å². The molecule has 0 amide bonds. The van der Waals surface area contributed by atoms with E-state index in [1.54, 1.807) is 0 Å². The molecule has 0 aliphatic carbocycles. The first-order valence-corrected chi connectivity index (χ1v) is 6.76. The number of ether oxygens (including phenoxy) is 1. The van der Waals surface area contributed by atoms with Crippen molar-refractivity contribution < 1.29 is 14.6 Å². The molecule has 1 fully saturated rings. The van der Waals surface area contributed by atoms with Crippen LogP contribution in [0.15, 0.2) is 24.3 Å². The van der Waals surface area contributed by atoms with Crippen LogP contribution in [-0.4, -0.2) is 37.4 Å². The molecule has 0 saturated carbocycles. The van der Waals surface area contributed by atoms with Crippen molar-refractivity contribution in [3.8, 4) is 0 Å². The molecular weight excluding hydrogens is 242 g/mol. The van der Waals surface area contributed by atoms with Gasteiger partial charge < -0.3 is 14.7 Å². The number of anilines is 1. The highest BCUT2D eigenvalue weighted by Crippen LogP contribution is 2.21. The topological polar surface area (TPSA) is 49.8 Å². The summed E-state index contributed by atoms with van der Waals surface area (Å²) < 4.78 is 5.35. The number of carboxylic acid groups (broad SMARTS) is 1. The number of rotatable bonds is 5. The molecule has 1 aromatic rings. The van der Waals surface area contributed by atoms with Gasteiger partial charge in [-0.25, -0.2) is 0 Å². The monoisotopic (exact) mass is 263 g/mol. The van der Waals surface area contributed by atoms with E-state index in [1.165, 1.54) is 5.56 Å². The number of hydrogen-bond donors (Lipinski definition) is 1. The second kappa shape index (κ2) is 6.57. The van der Waals surface area contributed by atoms with Crippen LogP contribution in [0.2, 0.25) is 0 Å². The van der Waals surface area contributed by atoms with Crippen molar-refractivity contribution in [1.82, 2.24) is 0 Å². The first-order chi connectivity index (χ1) is 9.15. The summed E-state index contributed by atoms with van der Waals surface area (Å²) in [7, 11) is 0. The molecule has 4 nitrogen and oxygen atoms in total. The van der Waals surface area contributed by atoms with Gasteiger partial charge in [0, 0.05) is 25.4 Å². The molecule has 4 heteroatoms. The van der Waals surface area contributed by atoms with Crippen molar-refractivity contribution in [2.45, 2.75) is 19.8 Å². The highest BCUT2D eigenvalue weighted by Gasteiger charge is 2.19. The van der Waals surface area contributed by atoms with Gasteiger partial charge in [0.05, 0.1) is 0 Å². The summed E-state index contributed by atoms with van der Waals surface area (Å²) in [6.45, 7) is 4.46. The summed E-state index contributed by atoms with van der Waals surface area (Å²) in [5, 5.41) is 9.06. The summed E-state index contributed by atoms with van der Waals surface area (Å²) in [5.41, 5.74) is 2.17. The van der Waals surface area contributed by atoms with Crippen LogP contribution < -0.4 is 4.90 Å². The van der Waals surface area contributed by atoms with E-state index in [2.05, 4.69) is 0 Å². The van der Waals surface area contributed by atoms with Crippen molar-refractivity contribution in [2.24, 2.45) is 5.92 Å². The third-order valence-corrected chi connectivity index (χ3v) is 3.54. The third-order valence-electron chi connectivity index (χ3n) is 3.54. The van der Waals surface area contributed by atoms with Crippen molar-refractivity contribution in [3.05, 3.63) is 29.8 Å². The molecule has 1 saturated heterocycles. The fourth-order valence-corrected chi connectivity index (χ4v) is 2.42. The van der Waals surface area contributed by atoms with Crippen LogP contribution in [-0.2, 0) is 9.53 Å². The van der Waals surface area contributed by atoms with E-state index in [0.29, 0.717) is 5.92 Å². The van der Waals surface area contributed by atoms with Crippen LogP contribution >= 0.6 is 0 Å². The normalized spacial score (nSPS) is 16.3. The largest absolute Gasteiger partial charge is 0.480 e. The van der Waals surface area contributed by atoms with Gasteiger partial charge in [-0.15, -0.1) is 0 Å². The van der Waals surface area contributed by atoms with E-state index in [4.69, 9.17) is 9.84 Å². The highest BCUT2D eigenvalue weighted by atomic mass is 16.5. The Labute approximate surface area is 114 Å². The molecule has 1 heterocycles. The lowest BCUT2D eigenvalue weighted by Gasteiger charge is -2.30. The van der Waals surface area contributed by atoms with Crippen LogP contribution in [0.3, 0.4) is 0 Å². The molecule has 1 N–H and O–H groups in total. The van der Waals surface area contributed by atoms with Gasteiger partial charge >= 0.3 is 5.97 Å². The van der Waals surface area contributed by atoms with E-state index >= 15 is 0 Å². The van der Waals surface area contributed by atoms with E-state index in [9.17, 15) is 4.79 Å². The Kier molecular flexibility index (Phi) is 4.80. The fraction of sp³-hybridized carbons (Fsp3) is 0.533. The molecular formula is C15H21NO3. The Morgan fingerprint density at radius 1 is 1.32 bits per heavy atom. The van der Waals surface area contributed by atoms with E-state index in [1.807, 2.05) is 36.1 Å².